The third-order valence-corrected chi connectivity index (χ3v) is 2.58. The highest BCUT2D eigenvalue weighted by Crippen LogP contribution is 2.31. The Kier molecular flexibility index (Phi) is 3.57. The standard InChI is InChI=1S/C14H15N3O/c1-10-5-3-4-6-12(10)16-17-13-8-7-11(15)9-14(13)18-2/h3-9H,15H2,1-2H3/b17-16+. The molecule has 4 heteroatoms. The highest BCUT2D eigenvalue weighted by atomic mass is 16.5. The average molecular weight is 241 g/mol. The zero-order valence-corrected chi connectivity index (χ0v) is 10.4. The molecule has 2 aromatic carbocycles. The average Bonchev–Trinajstić information content (AvgIpc) is 2.39. The smallest absolute Gasteiger partial charge is 0.148 e. The van der Waals surface area contributed by atoms with Gasteiger partial charge in [-0.1, -0.05) is 18.2 Å². The van der Waals surface area contributed by atoms with Gasteiger partial charge in [-0.05, 0) is 30.7 Å². The second-order valence-electron chi connectivity index (χ2n) is 3.92. The molecule has 0 aliphatic carbocycles. The van der Waals surface area contributed by atoms with Crippen molar-refractivity contribution in [2.75, 3.05) is 12.8 Å². The summed E-state index contributed by atoms with van der Waals surface area (Å²) in [6.45, 7) is 1.99. The number of azo groups is 1. The van der Waals surface area contributed by atoms with Crippen LogP contribution in [-0.2, 0) is 0 Å². The van der Waals surface area contributed by atoms with Crippen LogP contribution < -0.4 is 10.5 Å². The van der Waals surface area contributed by atoms with Crippen molar-refractivity contribution in [3.63, 3.8) is 0 Å². The van der Waals surface area contributed by atoms with Crippen molar-refractivity contribution in [1.29, 1.82) is 0 Å². The quantitative estimate of drug-likeness (QED) is 0.652. The van der Waals surface area contributed by atoms with E-state index >= 15 is 0 Å². The first-order chi connectivity index (χ1) is 8.70. The lowest BCUT2D eigenvalue weighted by Crippen LogP contribution is -1.87. The van der Waals surface area contributed by atoms with Crippen LogP contribution in [0.25, 0.3) is 0 Å². The summed E-state index contributed by atoms with van der Waals surface area (Å²) in [6.07, 6.45) is 0. The Hall–Kier alpha value is -2.36. The van der Waals surface area contributed by atoms with Crippen LogP contribution in [0.3, 0.4) is 0 Å². The van der Waals surface area contributed by atoms with Crippen molar-refractivity contribution in [2.24, 2.45) is 10.2 Å². The zero-order chi connectivity index (χ0) is 13.0. The summed E-state index contributed by atoms with van der Waals surface area (Å²) in [5.41, 5.74) is 8.91. The second kappa shape index (κ2) is 5.31. The summed E-state index contributed by atoms with van der Waals surface area (Å²) in [7, 11) is 1.58. The number of nitrogens with zero attached hydrogens (tertiary/aromatic N) is 2. The van der Waals surface area contributed by atoms with E-state index in [1.54, 1.807) is 25.3 Å². The highest BCUT2D eigenvalue weighted by Gasteiger charge is 2.02. The largest absolute Gasteiger partial charge is 0.494 e. The second-order valence-corrected chi connectivity index (χ2v) is 3.92. The predicted molar refractivity (Wildman–Crippen MR) is 72.8 cm³/mol. The van der Waals surface area contributed by atoms with E-state index in [4.69, 9.17) is 10.5 Å². The monoisotopic (exact) mass is 241 g/mol. The number of benzene rings is 2. The molecule has 2 N–H and O–H groups in total. The lowest BCUT2D eigenvalue weighted by atomic mass is 10.2. The maximum atomic E-state index is 5.68. The van der Waals surface area contributed by atoms with E-state index in [2.05, 4.69) is 10.2 Å². The van der Waals surface area contributed by atoms with Crippen LogP contribution in [0.2, 0.25) is 0 Å². The van der Waals surface area contributed by atoms with Crippen LogP contribution in [0.15, 0.2) is 52.7 Å². The molecule has 0 unspecified atom stereocenters. The fourth-order valence-electron chi connectivity index (χ4n) is 1.56. The van der Waals surface area contributed by atoms with Gasteiger partial charge in [0, 0.05) is 11.8 Å². The molecule has 4 nitrogen and oxygen atoms in total. The van der Waals surface area contributed by atoms with Crippen LogP contribution in [0.1, 0.15) is 5.56 Å². The number of hydrogen-bond donors (Lipinski definition) is 1. The van der Waals surface area contributed by atoms with Crippen LogP contribution in [0.5, 0.6) is 5.75 Å². The van der Waals surface area contributed by atoms with E-state index in [0.717, 1.165) is 11.3 Å². The SMILES string of the molecule is COc1cc(N)ccc1/N=N/c1ccccc1C. The molecule has 0 aliphatic heterocycles. The zero-order valence-electron chi connectivity index (χ0n) is 10.4. The Balaban J connectivity index is 2.32. The maximum absolute atomic E-state index is 5.68. The Morgan fingerprint density at radius 2 is 1.72 bits per heavy atom. The van der Waals surface area contributed by atoms with Crippen molar-refractivity contribution >= 4 is 17.1 Å². The molecule has 2 aromatic rings. The van der Waals surface area contributed by atoms with Gasteiger partial charge in [0.1, 0.15) is 11.4 Å². The lowest BCUT2D eigenvalue weighted by Gasteiger charge is -2.04. The van der Waals surface area contributed by atoms with E-state index in [9.17, 15) is 0 Å². The third kappa shape index (κ3) is 2.66. The number of aryl methyl sites for hydroxylation is 1. The summed E-state index contributed by atoms with van der Waals surface area (Å²) >= 11 is 0. The minimum Gasteiger partial charge on any atom is -0.494 e. The molecule has 18 heavy (non-hydrogen) atoms. The molecule has 0 heterocycles. The molecule has 0 spiro atoms. The van der Waals surface area contributed by atoms with Crippen molar-refractivity contribution < 1.29 is 4.74 Å². The number of rotatable bonds is 3. The van der Waals surface area contributed by atoms with Gasteiger partial charge >= 0.3 is 0 Å². The molecule has 0 atom stereocenters. The minimum atomic E-state index is 0.618. The van der Waals surface area contributed by atoms with E-state index < -0.39 is 0 Å². The molecule has 0 saturated heterocycles. The molecular weight excluding hydrogens is 226 g/mol. The number of hydrogen-bond acceptors (Lipinski definition) is 4. The number of nitrogens with two attached hydrogens (primary N) is 1. The fraction of sp³-hybridized carbons (Fsp3) is 0.143. The molecule has 0 aliphatic rings. The minimum absolute atomic E-state index is 0.618. The molecule has 2 rings (SSSR count). The van der Waals surface area contributed by atoms with Crippen LogP contribution in [0.4, 0.5) is 17.1 Å². The van der Waals surface area contributed by atoms with Crippen molar-refractivity contribution in [3.8, 4) is 5.75 Å². The first-order valence-electron chi connectivity index (χ1n) is 5.61. The summed E-state index contributed by atoms with van der Waals surface area (Å²) < 4.78 is 5.21. The summed E-state index contributed by atoms with van der Waals surface area (Å²) in [6, 6.07) is 13.1. The Labute approximate surface area is 106 Å². The van der Waals surface area contributed by atoms with Gasteiger partial charge in [0.25, 0.3) is 0 Å². The number of methoxy groups -OCH3 is 1. The van der Waals surface area contributed by atoms with E-state index in [1.165, 1.54) is 0 Å². The normalized spacial score (nSPS) is 10.8. The van der Waals surface area contributed by atoms with Gasteiger partial charge in [-0.3, -0.25) is 0 Å². The molecule has 92 valence electrons. The summed E-state index contributed by atoms with van der Waals surface area (Å²) in [5, 5.41) is 8.41. The van der Waals surface area contributed by atoms with Gasteiger partial charge in [0.05, 0.1) is 12.8 Å². The first kappa shape index (κ1) is 12.1. The van der Waals surface area contributed by atoms with Crippen molar-refractivity contribution in [2.45, 2.75) is 6.92 Å². The van der Waals surface area contributed by atoms with Crippen molar-refractivity contribution in [3.05, 3.63) is 48.0 Å². The molecule has 0 aromatic heterocycles. The fourth-order valence-corrected chi connectivity index (χ4v) is 1.56. The highest BCUT2D eigenvalue weighted by molar-refractivity contribution is 5.59. The van der Waals surface area contributed by atoms with Gasteiger partial charge in [-0.2, -0.15) is 5.11 Å². The van der Waals surface area contributed by atoms with Gasteiger partial charge in [-0.25, -0.2) is 0 Å². The topological polar surface area (TPSA) is 60.0 Å². The molecule has 0 bridgehead atoms. The van der Waals surface area contributed by atoms with Gasteiger partial charge < -0.3 is 10.5 Å². The maximum Gasteiger partial charge on any atom is 0.148 e. The molecule has 0 saturated carbocycles. The lowest BCUT2D eigenvalue weighted by molar-refractivity contribution is 0.416. The number of ether oxygens (including phenoxy) is 1. The first-order valence-corrected chi connectivity index (χ1v) is 5.61. The van der Waals surface area contributed by atoms with E-state index in [1.807, 2.05) is 31.2 Å². The van der Waals surface area contributed by atoms with E-state index in [-0.39, 0.29) is 0 Å². The summed E-state index contributed by atoms with van der Waals surface area (Å²) in [4.78, 5) is 0. The van der Waals surface area contributed by atoms with Gasteiger partial charge in [-0.15, -0.1) is 5.11 Å². The predicted octanol–water partition coefficient (Wildman–Crippen LogP) is 4.00. The Morgan fingerprint density at radius 1 is 1.00 bits per heavy atom. The molecular formula is C14H15N3O. The summed E-state index contributed by atoms with van der Waals surface area (Å²) in [5.74, 6) is 0.618. The third-order valence-electron chi connectivity index (χ3n) is 2.58. The Bertz CT molecular complexity index is 579. The molecule has 0 radical (unpaired) electrons. The number of nitrogen functional groups attached to an aromatic ring is 1. The van der Waals surface area contributed by atoms with E-state index in [0.29, 0.717) is 17.1 Å². The Morgan fingerprint density at radius 3 is 2.44 bits per heavy atom. The number of anilines is 1. The molecule has 0 fully saturated rings. The van der Waals surface area contributed by atoms with Gasteiger partial charge in [0.2, 0.25) is 0 Å². The molecule has 0 amide bonds. The van der Waals surface area contributed by atoms with Crippen LogP contribution in [-0.4, -0.2) is 7.11 Å². The van der Waals surface area contributed by atoms with Crippen LogP contribution >= 0.6 is 0 Å². The van der Waals surface area contributed by atoms with Crippen molar-refractivity contribution in [1.82, 2.24) is 0 Å². The van der Waals surface area contributed by atoms with Gasteiger partial charge in [0.15, 0.2) is 0 Å². The van der Waals surface area contributed by atoms with Crippen LogP contribution in [0, 0.1) is 6.92 Å².